The predicted molar refractivity (Wildman–Crippen MR) is 58.9 cm³/mol. The zero-order valence-electron chi connectivity index (χ0n) is 8.77. The standard InChI is InChI=1S/C9H16N4OS/c1-10-8(7-2-3-14-4-7)5-15-9-11-6-12-13-9/h6-8,10H,2-5H2,1H3,(H,11,12,13). The SMILES string of the molecule is CNC(CSc1ncn[nH]1)C1CCOC1. The molecule has 2 unspecified atom stereocenters. The summed E-state index contributed by atoms with van der Waals surface area (Å²) in [7, 11) is 2.00. The second kappa shape index (κ2) is 5.48. The van der Waals surface area contributed by atoms with Gasteiger partial charge in [0.25, 0.3) is 0 Å². The highest BCUT2D eigenvalue weighted by atomic mass is 32.2. The van der Waals surface area contributed by atoms with E-state index in [1.165, 1.54) is 6.33 Å². The lowest BCUT2D eigenvalue weighted by atomic mass is 10.0. The van der Waals surface area contributed by atoms with Crippen molar-refractivity contribution in [3.05, 3.63) is 6.33 Å². The number of nitrogens with one attached hydrogen (secondary N) is 2. The number of aromatic amines is 1. The normalized spacial score (nSPS) is 23.1. The van der Waals surface area contributed by atoms with E-state index in [2.05, 4.69) is 20.5 Å². The molecule has 0 radical (unpaired) electrons. The Morgan fingerprint density at radius 3 is 3.33 bits per heavy atom. The fourth-order valence-electron chi connectivity index (χ4n) is 1.76. The third kappa shape index (κ3) is 2.93. The first kappa shape index (κ1) is 10.9. The Morgan fingerprint density at radius 1 is 1.80 bits per heavy atom. The molecule has 5 nitrogen and oxygen atoms in total. The van der Waals surface area contributed by atoms with Crippen molar-refractivity contribution in [3.63, 3.8) is 0 Å². The van der Waals surface area contributed by atoms with E-state index >= 15 is 0 Å². The Morgan fingerprint density at radius 2 is 2.73 bits per heavy atom. The van der Waals surface area contributed by atoms with Gasteiger partial charge in [-0.05, 0) is 13.5 Å². The van der Waals surface area contributed by atoms with E-state index in [0.29, 0.717) is 12.0 Å². The van der Waals surface area contributed by atoms with Crippen LogP contribution in [0, 0.1) is 5.92 Å². The van der Waals surface area contributed by atoms with Crippen LogP contribution in [0.2, 0.25) is 0 Å². The molecular weight excluding hydrogens is 212 g/mol. The molecular formula is C9H16N4OS. The fourth-order valence-corrected chi connectivity index (χ4v) is 2.77. The van der Waals surface area contributed by atoms with Gasteiger partial charge in [0.15, 0.2) is 5.16 Å². The summed E-state index contributed by atoms with van der Waals surface area (Å²) in [5, 5.41) is 10.9. The molecule has 0 amide bonds. The number of nitrogens with zero attached hydrogens (tertiary/aromatic N) is 2. The fraction of sp³-hybridized carbons (Fsp3) is 0.778. The molecule has 0 aliphatic carbocycles. The minimum atomic E-state index is 0.489. The van der Waals surface area contributed by atoms with Crippen molar-refractivity contribution >= 4 is 11.8 Å². The van der Waals surface area contributed by atoms with E-state index in [4.69, 9.17) is 4.74 Å². The largest absolute Gasteiger partial charge is 0.381 e. The Balaban J connectivity index is 1.80. The van der Waals surface area contributed by atoms with Gasteiger partial charge in [-0.15, -0.1) is 0 Å². The number of rotatable bonds is 5. The Hall–Kier alpha value is -0.590. The maximum absolute atomic E-state index is 5.39. The summed E-state index contributed by atoms with van der Waals surface area (Å²) in [6, 6.07) is 0.489. The summed E-state index contributed by atoms with van der Waals surface area (Å²) in [6.07, 6.45) is 2.69. The molecule has 0 saturated carbocycles. The molecule has 1 aromatic heterocycles. The molecule has 1 aliphatic rings. The van der Waals surface area contributed by atoms with Gasteiger partial charge in [-0.2, -0.15) is 5.10 Å². The first-order valence-corrected chi connectivity index (χ1v) is 6.12. The Labute approximate surface area is 93.4 Å². The van der Waals surface area contributed by atoms with Crippen molar-refractivity contribution in [2.75, 3.05) is 26.0 Å². The lowest BCUT2D eigenvalue weighted by Gasteiger charge is -2.20. The van der Waals surface area contributed by atoms with Gasteiger partial charge >= 0.3 is 0 Å². The molecule has 1 fully saturated rings. The first-order chi connectivity index (χ1) is 7.40. The average molecular weight is 228 g/mol. The van der Waals surface area contributed by atoms with Gasteiger partial charge in [0, 0.05) is 24.3 Å². The molecule has 0 bridgehead atoms. The summed E-state index contributed by atoms with van der Waals surface area (Å²) >= 11 is 1.70. The predicted octanol–water partition coefficient (Wildman–Crippen LogP) is 0.521. The van der Waals surface area contributed by atoms with Gasteiger partial charge in [0.2, 0.25) is 0 Å². The average Bonchev–Trinajstić information content (AvgIpc) is 2.90. The third-order valence-electron chi connectivity index (χ3n) is 2.70. The molecule has 2 N–H and O–H groups in total. The topological polar surface area (TPSA) is 62.8 Å². The van der Waals surface area contributed by atoms with Crippen LogP contribution < -0.4 is 5.32 Å². The molecule has 84 valence electrons. The van der Waals surface area contributed by atoms with Gasteiger partial charge < -0.3 is 10.1 Å². The van der Waals surface area contributed by atoms with Crippen LogP contribution in [0.4, 0.5) is 0 Å². The number of aromatic nitrogens is 3. The van der Waals surface area contributed by atoms with Crippen LogP contribution in [0.15, 0.2) is 11.5 Å². The third-order valence-corrected chi connectivity index (χ3v) is 3.69. The van der Waals surface area contributed by atoms with Gasteiger partial charge in [-0.25, -0.2) is 4.98 Å². The van der Waals surface area contributed by atoms with Crippen LogP contribution in [-0.2, 0) is 4.74 Å². The monoisotopic (exact) mass is 228 g/mol. The van der Waals surface area contributed by atoms with E-state index in [-0.39, 0.29) is 0 Å². The van der Waals surface area contributed by atoms with Crippen molar-refractivity contribution in [1.82, 2.24) is 20.5 Å². The molecule has 0 spiro atoms. The van der Waals surface area contributed by atoms with E-state index < -0.39 is 0 Å². The maximum Gasteiger partial charge on any atom is 0.183 e. The van der Waals surface area contributed by atoms with E-state index in [1.54, 1.807) is 11.8 Å². The number of ether oxygens (including phenoxy) is 1. The second-order valence-corrected chi connectivity index (χ2v) is 4.63. The minimum Gasteiger partial charge on any atom is -0.381 e. The molecule has 2 atom stereocenters. The van der Waals surface area contributed by atoms with Crippen molar-refractivity contribution in [3.8, 4) is 0 Å². The van der Waals surface area contributed by atoms with Crippen molar-refractivity contribution in [2.24, 2.45) is 5.92 Å². The number of hydrogen-bond donors (Lipinski definition) is 2. The number of thioether (sulfide) groups is 1. The Kier molecular flexibility index (Phi) is 3.99. The number of H-pyrrole nitrogens is 1. The smallest absolute Gasteiger partial charge is 0.183 e. The van der Waals surface area contributed by atoms with Crippen LogP contribution >= 0.6 is 11.8 Å². The van der Waals surface area contributed by atoms with E-state index in [9.17, 15) is 0 Å². The summed E-state index contributed by atoms with van der Waals surface area (Å²) in [5.74, 6) is 1.63. The zero-order valence-corrected chi connectivity index (χ0v) is 9.59. The summed E-state index contributed by atoms with van der Waals surface area (Å²) in [5.41, 5.74) is 0. The quantitative estimate of drug-likeness (QED) is 0.719. The van der Waals surface area contributed by atoms with Gasteiger partial charge in [0.05, 0.1) is 6.61 Å². The number of hydrogen-bond acceptors (Lipinski definition) is 5. The van der Waals surface area contributed by atoms with Crippen LogP contribution in [0.1, 0.15) is 6.42 Å². The van der Waals surface area contributed by atoms with Crippen molar-refractivity contribution < 1.29 is 4.74 Å². The van der Waals surface area contributed by atoms with Crippen molar-refractivity contribution in [1.29, 1.82) is 0 Å². The Bertz CT molecular complexity index is 274. The molecule has 1 saturated heterocycles. The summed E-state index contributed by atoms with van der Waals surface area (Å²) < 4.78 is 5.39. The second-order valence-electron chi connectivity index (χ2n) is 3.62. The lowest BCUT2D eigenvalue weighted by molar-refractivity contribution is 0.179. The molecule has 6 heteroatoms. The van der Waals surface area contributed by atoms with Gasteiger partial charge in [0.1, 0.15) is 6.33 Å². The summed E-state index contributed by atoms with van der Waals surface area (Å²) in [6.45, 7) is 1.78. The highest BCUT2D eigenvalue weighted by Crippen LogP contribution is 2.21. The molecule has 2 heterocycles. The molecule has 0 aromatic carbocycles. The van der Waals surface area contributed by atoms with Crippen LogP contribution in [0.25, 0.3) is 0 Å². The molecule has 1 aliphatic heterocycles. The summed E-state index contributed by atoms with van der Waals surface area (Å²) in [4.78, 5) is 4.09. The lowest BCUT2D eigenvalue weighted by Crippen LogP contribution is -2.36. The van der Waals surface area contributed by atoms with Crippen LogP contribution in [0.3, 0.4) is 0 Å². The van der Waals surface area contributed by atoms with E-state index in [0.717, 1.165) is 30.5 Å². The highest BCUT2D eigenvalue weighted by molar-refractivity contribution is 7.99. The van der Waals surface area contributed by atoms with E-state index in [1.807, 2.05) is 7.05 Å². The maximum atomic E-state index is 5.39. The zero-order chi connectivity index (χ0) is 10.5. The van der Waals surface area contributed by atoms with Gasteiger partial charge in [-0.3, -0.25) is 5.10 Å². The first-order valence-electron chi connectivity index (χ1n) is 5.13. The van der Waals surface area contributed by atoms with Crippen molar-refractivity contribution in [2.45, 2.75) is 17.6 Å². The van der Waals surface area contributed by atoms with Crippen LogP contribution in [-0.4, -0.2) is 47.2 Å². The molecule has 15 heavy (non-hydrogen) atoms. The van der Waals surface area contributed by atoms with Crippen LogP contribution in [0.5, 0.6) is 0 Å². The van der Waals surface area contributed by atoms with Gasteiger partial charge in [-0.1, -0.05) is 11.8 Å². The minimum absolute atomic E-state index is 0.489. The highest BCUT2D eigenvalue weighted by Gasteiger charge is 2.24. The molecule has 1 aromatic rings. The molecule has 2 rings (SSSR count).